The van der Waals surface area contributed by atoms with Gasteiger partial charge in [0.1, 0.15) is 0 Å². The maximum Gasteiger partial charge on any atom is 0.323 e. The first kappa shape index (κ1) is 13.0. The fraction of sp³-hybridized carbons (Fsp3) is 0. The van der Waals surface area contributed by atoms with Crippen molar-refractivity contribution in [1.29, 1.82) is 5.41 Å². The zero-order chi connectivity index (χ0) is 12.8. The number of amidine groups is 1. The van der Waals surface area contributed by atoms with Crippen LogP contribution in [0.15, 0.2) is 36.3 Å². The molecule has 0 aliphatic carbocycles. The molecule has 0 unspecified atom stereocenters. The van der Waals surface area contributed by atoms with Crippen molar-refractivity contribution in [3.63, 3.8) is 0 Å². The maximum absolute atomic E-state index is 12.7. The molecule has 0 aromatic heterocycles. The van der Waals surface area contributed by atoms with Crippen molar-refractivity contribution >= 4 is 29.2 Å². The summed E-state index contributed by atoms with van der Waals surface area (Å²) in [6, 6.07) is 5.80. The van der Waals surface area contributed by atoms with E-state index in [0.717, 1.165) is 0 Å². The highest BCUT2D eigenvalue weighted by Crippen LogP contribution is 2.14. The molecule has 0 saturated heterocycles. The van der Waals surface area contributed by atoms with E-state index < -0.39 is 17.7 Å². The summed E-state index contributed by atoms with van der Waals surface area (Å²) in [6.45, 7) is 0. The summed E-state index contributed by atoms with van der Waals surface area (Å²) in [5.74, 6) is -1.78. The van der Waals surface area contributed by atoms with Crippen molar-refractivity contribution < 1.29 is 9.18 Å². The first-order valence-electron chi connectivity index (χ1n) is 4.52. The number of rotatable bonds is 3. The van der Waals surface area contributed by atoms with Crippen LogP contribution in [0.3, 0.4) is 0 Å². The number of nitrogens with two attached hydrogens (primary N) is 1. The number of amides is 2. The molecule has 0 radical (unpaired) electrons. The van der Waals surface area contributed by atoms with E-state index in [2.05, 4.69) is 10.6 Å². The summed E-state index contributed by atoms with van der Waals surface area (Å²) < 4.78 is 12.7. The third kappa shape index (κ3) is 4.52. The molecule has 1 aromatic rings. The van der Waals surface area contributed by atoms with Gasteiger partial charge in [0.15, 0.2) is 11.7 Å². The molecule has 5 N–H and O–H groups in total. The first-order chi connectivity index (χ1) is 7.99. The number of carbonyl (C=O) groups excluding carboxylic acids is 1. The van der Waals surface area contributed by atoms with Gasteiger partial charge in [-0.15, -0.1) is 0 Å². The molecule has 1 aromatic carbocycles. The second-order valence-electron chi connectivity index (χ2n) is 3.01. The number of nitrogens with one attached hydrogen (secondary N) is 3. The Kier molecular flexibility index (Phi) is 4.47. The molecule has 0 heterocycles. The SMILES string of the molecule is N=C(N)/C(F)=C\NC(=O)Nc1cccc(Cl)c1. The van der Waals surface area contributed by atoms with Crippen LogP contribution in [0.1, 0.15) is 0 Å². The normalized spacial score (nSPS) is 10.8. The second-order valence-corrected chi connectivity index (χ2v) is 3.45. The van der Waals surface area contributed by atoms with Gasteiger partial charge in [-0.2, -0.15) is 0 Å². The van der Waals surface area contributed by atoms with Crippen molar-refractivity contribution in [2.24, 2.45) is 5.73 Å². The lowest BCUT2D eigenvalue weighted by molar-refractivity contribution is 0.255. The summed E-state index contributed by atoms with van der Waals surface area (Å²) in [5, 5.41) is 11.7. The number of hydrogen-bond acceptors (Lipinski definition) is 2. The summed E-state index contributed by atoms with van der Waals surface area (Å²) in [6.07, 6.45) is 0.697. The lowest BCUT2D eigenvalue weighted by atomic mass is 10.3. The predicted molar refractivity (Wildman–Crippen MR) is 64.7 cm³/mol. The predicted octanol–water partition coefficient (Wildman–Crippen LogP) is 2.21. The van der Waals surface area contributed by atoms with E-state index in [1.165, 1.54) is 6.07 Å². The van der Waals surface area contributed by atoms with Gasteiger partial charge < -0.3 is 16.4 Å². The molecule has 5 nitrogen and oxygen atoms in total. The fourth-order valence-corrected chi connectivity index (χ4v) is 1.13. The Balaban J connectivity index is 2.56. The number of anilines is 1. The average Bonchev–Trinajstić information content (AvgIpc) is 2.25. The number of urea groups is 1. The lowest BCUT2D eigenvalue weighted by Crippen LogP contribution is -2.25. The average molecular weight is 257 g/mol. The van der Waals surface area contributed by atoms with Gasteiger partial charge in [-0.05, 0) is 18.2 Å². The van der Waals surface area contributed by atoms with E-state index in [-0.39, 0.29) is 0 Å². The van der Waals surface area contributed by atoms with Crippen LogP contribution in [0.4, 0.5) is 14.9 Å². The summed E-state index contributed by atoms with van der Waals surface area (Å²) in [7, 11) is 0. The van der Waals surface area contributed by atoms with Crippen LogP contribution >= 0.6 is 11.6 Å². The second kappa shape index (κ2) is 5.86. The van der Waals surface area contributed by atoms with E-state index in [9.17, 15) is 9.18 Å². The molecular weight excluding hydrogens is 247 g/mol. The zero-order valence-corrected chi connectivity index (χ0v) is 9.38. The van der Waals surface area contributed by atoms with Gasteiger partial charge in [0.2, 0.25) is 0 Å². The number of hydrogen-bond donors (Lipinski definition) is 4. The summed E-state index contributed by atoms with van der Waals surface area (Å²) >= 11 is 5.71. The van der Waals surface area contributed by atoms with Gasteiger partial charge in [-0.3, -0.25) is 5.41 Å². The zero-order valence-electron chi connectivity index (χ0n) is 8.63. The minimum atomic E-state index is -1.02. The van der Waals surface area contributed by atoms with Crippen LogP contribution < -0.4 is 16.4 Å². The maximum atomic E-state index is 12.7. The Hall–Kier alpha value is -2.08. The topological polar surface area (TPSA) is 91.0 Å². The molecule has 7 heteroatoms. The van der Waals surface area contributed by atoms with Crippen molar-refractivity contribution in [1.82, 2.24) is 5.32 Å². The standard InChI is InChI=1S/C10H10ClFN4O/c11-6-2-1-3-7(4-6)16-10(17)15-5-8(12)9(13)14/h1-5H,(H3,13,14)(H2,15,16,17)/b8-5+. The summed E-state index contributed by atoms with van der Waals surface area (Å²) in [4.78, 5) is 11.3. The molecule has 17 heavy (non-hydrogen) atoms. The third-order valence-electron chi connectivity index (χ3n) is 1.67. The van der Waals surface area contributed by atoms with Crippen molar-refractivity contribution in [2.75, 3.05) is 5.32 Å². The Labute approximate surface area is 102 Å². The Morgan fingerprint density at radius 3 is 2.82 bits per heavy atom. The summed E-state index contributed by atoms with van der Waals surface area (Å²) in [5.41, 5.74) is 5.31. The number of benzene rings is 1. The van der Waals surface area contributed by atoms with E-state index in [1.54, 1.807) is 18.2 Å². The molecule has 0 saturated carbocycles. The largest absolute Gasteiger partial charge is 0.382 e. The molecule has 2 amide bonds. The molecule has 90 valence electrons. The molecule has 0 aliphatic heterocycles. The monoisotopic (exact) mass is 256 g/mol. The van der Waals surface area contributed by atoms with Crippen LogP contribution in [0.2, 0.25) is 5.02 Å². The van der Waals surface area contributed by atoms with Gasteiger partial charge in [0.05, 0.1) is 0 Å². The third-order valence-corrected chi connectivity index (χ3v) is 1.90. The van der Waals surface area contributed by atoms with Gasteiger partial charge in [0.25, 0.3) is 0 Å². The van der Waals surface area contributed by atoms with Gasteiger partial charge in [0, 0.05) is 16.9 Å². The Bertz CT molecular complexity index is 475. The van der Waals surface area contributed by atoms with Crippen LogP contribution in [-0.2, 0) is 0 Å². The minimum absolute atomic E-state index is 0.464. The highest BCUT2D eigenvalue weighted by atomic mass is 35.5. The quantitative estimate of drug-likeness (QED) is 0.493. The molecular formula is C10H10ClFN4O. The fourth-order valence-electron chi connectivity index (χ4n) is 0.940. The van der Waals surface area contributed by atoms with E-state index >= 15 is 0 Å². The minimum Gasteiger partial charge on any atom is -0.382 e. The van der Waals surface area contributed by atoms with Crippen molar-refractivity contribution in [2.45, 2.75) is 0 Å². The van der Waals surface area contributed by atoms with Crippen LogP contribution in [0, 0.1) is 5.41 Å². The van der Waals surface area contributed by atoms with Crippen molar-refractivity contribution in [3.8, 4) is 0 Å². The van der Waals surface area contributed by atoms with Crippen LogP contribution in [-0.4, -0.2) is 11.9 Å². The van der Waals surface area contributed by atoms with Crippen LogP contribution in [0.5, 0.6) is 0 Å². The van der Waals surface area contributed by atoms with E-state index in [1.807, 2.05) is 0 Å². The Morgan fingerprint density at radius 2 is 2.24 bits per heavy atom. The number of carbonyl (C=O) groups is 1. The first-order valence-corrected chi connectivity index (χ1v) is 4.90. The molecule has 0 bridgehead atoms. The van der Waals surface area contributed by atoms with E-state index in [0.29, 0.717) is 16.9 Å². The lowest BCUT2D eigenvalue weighted by Gasteiger charge is -2.04. The molecule has 0 spiro atoms. The molecule has 0 aliphatic rings. The highest BCUT2D eigenvalue weighted by Gasteiger charge is 2.02. The van der Waals surface area contributed by atoms with Gasteiger partial charge >= 0.3 is 6.03 Å². The highest BCUT2D eigenvalue weighted by molar-refractivity contribution is 6.30. The van der Waals surface area contributed by atoms with Gasteiger partial charge in [-0.25, -0.2) is 9.18 Å². The smallest absolute Gasteiger partial charge is 0.323 e. The Morgan fingerprint density at radius 1 is 1.53 bits per heavy atom. The number of halogens is 2. The molecule has 0 atom stereocenters. The van der Waals surface area contributed by atoms with Crippen LogP contribution in [0.25, 0.3) is 0 Å². The molecule has 0 fully saturated rings. The van der Waals surface area contributed by atoms with Crippen molar-refractivity contribution in [3.05, 3.63) is 41.3 Å². The van der Waals surface area contributed by atoms with E-state index in [4.69, 9.17) is 22.7 Å². The molecule has 1 rings (SSSR count). The van der Waals surface area contributed by atoms with Gasteiger partial charge in [-0.1, -0.05) is 17.7 Å².